The maximum absolute atomic E-state index is 9.60. The SMILES string of the molecule is Cc1cc(N=Nc2ccc(Cc3ccc(N=Nc4ccc(O)c(C)c4)cc3)cc2)ccc1O. The van der Waals surface area contributed by atoms with Gasteiger partial charge in [0.15, 0.2) is 0 Å². The minimum atomic E-state index is 0.252. The molecule has 0 spiro atoms. The van der Waals surface area contributed by atoms with E-state index in [0.717, 1.165) is 28.9 Å². The summed E-state index contributed by atoms with van der Waals surface area (Å²) in [6.07, 6.45) is 0.795. The number of aromatic hydroxyl groups is 2. The fourth-order valence-corrected chi connectivity index (χ4v) is 3.23. The highest BCUT2D eigenvalue weighted by Crippen LogP contribution is 2.26. The monoisotopic (exact) mass is 436 g/mol. The van der Waals surface area contributed by atoms with Gasteiger partial charge in [0.2, 0.25) is 0 Å². The van der Waals surface area contributed by atoms with Gasteiger partial charge in [-0.3, -0.25) is 0 Å². The molecule has 0 heterocycles. The van der Waals surface area contributed by atoms with Crippen molar-refractivity contribution in [1.29, 1.82) is 0 Å². The molecule has 0 bridgehead atoms. The van der Waals surface area contributed by atoms with Crippen molar-refractivity contribution >= 4 is 22.7 Å². The van der Waals surface area contributed by atoms with Crippen molar-refractivity contribution in [3.05, 3.63) is 107 Å². The van der Waals surface area contributed by atoms with Crippen LogP contribution in [0.25, 0.3) is 0 Å². The number of benzene rings is 4. The molecule has 4 rings (SSSR count). The molecular weight excluding hydrogens is 412 g/mol. The zero-order valence-electron chi connectivity index (χ0n) is 18.5. The minimum Gasteiger partial charge on any atom is -0.508 e. The first-order valence-corrected chi connectivity index (χ1v) is 10.6. The molecule has 0 radical (unpaired) electrons. The molecule has 4 aromatic rings. The molecule has 0 amide bonds. The molecule has 6 nitrogen and oxygen atoms in total. The average Bonchev–Trinajstić information content (AvgIpc) is 2.82. The van der Waals surface area contributed by atoms with E-state index in [4.69, 9.17) is 0 Å². The Labute approximate surface area is 192 Å². The van der Waals surface area contributed by atoms with Gasteiger partial charge >= 0.3 is 0 Å². The molecule has 0 aliphatic carbocycles. The second-order valence-electron chi connectivity index (χ2n) is 7.85. The number of phenols is 2. The zero-order chi connectivity index (χ0) is 23.2. The van der Waals surface area contributed by atoms with Crippen LogP contribution in [-0.4, -0.2) is 10.2 Å². The first-order valence-electron chi connectivity index (χ1n) is 10.6. The number of rotatable bonds is 6. The Morgan fingerprint density at radius 3 is 1.18 bits per heavy atom. The summed E-state index contributed by atoms with van der Waals surface area (Å²) in [7, 11) is 0. The number of azo groups is 2. The Kier molecular flexibility index (Phi) is 6.55. The van der Waals surface area contributed by atoms with Crippen molar-refractivity contribution in [1.82, 2.24) is 0 Å². The van der Waals surface area contributed by atoms with Gasteiger partial charge in [-0.25, -0.2) is 0 Å². The highest BCUT2D eigenvalue weighted by Gasteiger charge is 2.01. The van der Waals surface area contributed by atoms with E-state index in [-0.39, 0.29) is 11.5 Å². The molecule has 0 aliphatic heterocycles. The highest BCUT2D eigenvalue weighted by atomic mass is 16.3. The maximum Gasteiger partial charge on any atom is 0.118 e. The topological polar surface area (TPSA) is 89.9 Å². The number of hydrogen-bond acceptors (Lipinski definition) is 6. The van der Waals surface area contributed by atoms with Gasteiger partial charge in [0.1, 0.15) is 11.5 Å². The third kappa shape index (κ3) is 5.89. The van der Waals surface area contributed by atoms with E-state index >= 15 is 0 Å². The summed E-state index contributed by atoms with van der Waals surface area (Å²) in [5, 5.41) is 36.2. The summed E-state index contributed by atoms with van der Waals surface area (Å²) in [6, 6.07) is 26.2. The fourth-order valence-electron chi connectivity index (χ4n) is 3.23. The van der Waals surface area contributed by atoms with Gasteiger partial charge in [-0.2, -0.15) is 20.5 Å². The second kappa shape index (κ2) is 9.87. The van der Waals surface area contributed by atoms with E-state index in [1.807, 2.05) is 62.4 Å². The van der Waals surface area contributed by atoms with Crippen molar-refractivity contribution in [2.24, 2.45) is 20.5 Å². The summed E-state index contributed by atoms with van der Waals surface area (Å²) in [6.45, 7) is 3.66. The van der Waals surface area contributed by atoms with Crippen LogP contribution >= 0.6 is 0 Å². The first kappa shape index (κ1) is 21.9. The van der Waals surface area contributed by atoms with Gasteiger partial charge < -0.3 is 10.2 Å². The van der Waals surface area contributed by atoms with Crippen molar-refractivity contribution < 1.29 is 10.2 Å². The molecule has 0 atom stereocenters. The second-order valence-corrected chi connectivity index (χ2v) is 7.85. The number of nitrogens with zero attached hydrogens (tertiary/aromatic N) is 4. The van der Waals surface area contributed by atoms with Crippen LogP contribution < -0.4 is 0 Å². The highest BCUT2D eigenvalue weighted by molar-refractivity contribution is 5.48. The van der Waals surface area contributed by atoms with E-state index in [1.54, 1.807) is 36.4 Å². The summed E-state index contributed by atoms with van der Waals surface area (Å²) in [4.78, 5) is 0. The minimum absolute atomic E-state index is 0.252. The summed E-state index contributed by atoms with van der Waals surface area (Å²) in [5.74, 6) is 0.503. The van der Waals surface area contributed by atoms with Crippen molar-refractivity contribution in [2.45, 2.75) is 20.3 Å². The molecule has 0 saturated carbocycles. The van der Waals surface area contributed by atoms with E-state index in [2.05, 4.69) is 20.5 Å². The lowest BCUT2D eigenvalue weighted by Gasteiger charge is -2.03. The maximum atomic E-state index is 9.60. The van der Waals surface area contributed by atoms with Crippen LogP contribution in [0, 0.1) is 13.8 Å². The lowest BCUT2D eigenvalue weighted by molar-refractivity contribution is 0.470. The number of aryl methyl sites for hydroxylation is 2. The van der Waals surface area contributed by atoms with Crippen molar-refractivity contribution in [3.63, 3.8) is 0 Å². The summed E-state index contributed by atoms with van der Waals surface area (Å²) < 4.78 is 0. The predicted octanol–water partition coefficient (Wildman–Crippen LogP) is 8.14. The number of hydrogen-bond donors (Lipinski definition) is 2. The molecule has 0 unspecified atom stereocenters. The van der Waals surface area contributed by atoms with Gasteiger partial charge in [0.05, 0.1) is 22.7 Å². The Morgan fingerprint density at radius 2 is 0.818 bits per heavy atom. The van der Waals surface area contributed by atoms with Gasteiger partial charge in [-0.15, -0.1) is 0 Å². The molecule has 0 aliphatic rings. The van der Waals surface area contributed by atoms with Crippen LogP contribution in [0.3, 0.4) is 0 Å². The molecular formula is C27H24N4O2. The lowest BCUT2D eigenvalue weighted by Crippen LogP contribution is -1.86. The van der Waals surface area contributed by atoms with Crippen molar-refractivity contribution in [2.75, 3.05) is 0 Å². The van der Waals surface area contributed by atoms with Crippen LogP contribution in [0.4, 0.5) is 22.7 Å². The Balaban J connectivity index is 1.36. The van der Waals surface area contributed by atoms with E-state index < -0.39 is 0 Å². The lowest BCUT2D eigenvalue weighted by atomic mass is 10.0. The average molecular weight is 437 g/mol. The van der Waals surface area contributed by atoms with Gasteiger partial charge in [-0.1, -0.05) is 24.3 Å². The van der Waals surface area contributed by atoms with E-state index in [0.29, 0.717) is 11.4 Å². The first-order chi connectivity index (χ1) is 16.0. The third-order valence-corrected chi connectivity index (χ3v) is 5.20. The molecule has 33 heavy (non-hydrogen) atoms. The van der Waals surface area contributed by atoms with E-state index in [1.165, 1.54) is 11.1 Å². The molecule has 164 valence electrons. The standard InChI is InChI=1S/C27H24N4O2/c1-18-15-24(11-13-26(18)32)30-28-22-7-3-20(4-8-22)17-21-5-9-23(10-6-21)29-31-25-12-14-27(33)19(2)16-25/h3-16,32-33H,17H2,1-2H3. The Hall–Kier alpha value is -4.32. The molecule has 6 heteroatoms. The molecule has 0 saturated heterocycles. The van der Waals surface area contributed by atoms with Gasteiger partial charge in [0.25, 0.3) is 0 Å². The van der Waals surface area contributed by atoms with Crippen LogP contribution in [0.15, 0.2) is 105 Å². The van der Waals surface area contributed by atoms with Crippen LogP contribution in [-0.2, 0) is 6.42 Å². The molecule has 0 fully saturated rings. The summed E-state index contributed by atoms with van der Waals surface area (Å²) >= 11 is 0. The Bertz CT molecular complexity index is 1210. The zero-order valence-corrected chi connectivity index (χ0v) is 18.5. The quantitative estimate of drug-likeness (QED) is 0.299. The molecule has 4 aromatic carbocycles. The van der Waals surface area contributed by atoms with Crippen LogP contribution in [0.5, 0.6) is 11.5 Å². The Morgan fingerprint density at radius 1 is 0.485 bits per heavy atom. The van der Waals surface area contributed by atoms with Crippen molar-refractivity contribution in [3.8, 4) is 11.5 Å². The molecule has 2 N–H and O–H groups in total. The van der Waals surface area contributed by atoms with Gasteiger partial charge in [-0.05, 0) is 103 Å². The fraction of sp³-hybridized carbons (Fsp3) is 0.111. The normalized spacial score (nSPS) is 11.5. The third-order valence-electron chi connectivity index (χ3n) is 5.20. The van der Waals surface area contributed by atoms with Gasteiger partial charge in [0, 0.05) is 0 Å². The largest absolute Gasteiger partial charge is 0.508 e. The summed E-state index contributed by atoms with van der Waals surface area (Å²) in [5.41, 5.74) is 6.81. The predicted molar refractivity (Wildman–Crippen MR) is 130 cm³/mol. The van der Waals surface area contributed by atoms with Crippen LogP contribution in [0.2, 0.25) is 0 Å². The number of phenolic OH excluding ortho intramolecular Hbond substituents is 2. The van der Waals surface area contributed by atoms with E-state index in [9.17, 15) is 10.2 Å². The molecule has 0 aromatic heterocycles. The smallest absolute Gasteiger partial charge is 0.118 e. The van der Waals surface area contributed by atoms with Crippen LogP contribution in [0.1, 0.15) is 22.3 Å².